The second kappa shape index (κ2) is 8.57. The Labute approximate surface area is 131 Å². The standard InChI is InChI=1S/C16H22ClNO3/c1-5-11(3)18-15(19)8-7-12-9-13(17)16(20-4)14(10-12)21-6-2/h7-11H,5-6H2,1-4H3,(H,18,19)/b8-7+. The van der Waals surface area contributed by atoms with E-state index >= 15 is 0 Å². The van der Waals surface area contributed by atoms with Crippen LogP contribution < -0.4 is 14.8 Å². The number of hydrogen-bond acceptors (Lipinski definition) is 3. The molecule has 0 spiro atoms. The number of methoxy groups -OCH3 is 1. The van der Waals surface area contributed by atoms with Crippen LogP contribution in [0.25, 0.3) is 6.08 Å². The van der Waals surface area contributed by atoms with Crippen molar-refractivity contribution in [3.8, 4) is 11.5 Å². The van der Waals surface area contributed by atoms with E-state index in [9.17, 15) is 4.79 Å². The van der Waals surface area contributed by atoms with Crippen molar-refractivity contribution in [1.82, 2.24) is 5.32 Å². The highest BCUT2D eigenvalue weighted by Gasteiger charge is 2.10. The molecule has 21 heavy (non-hydrogen) atoms. The Kier molecular flexibility index (Phi) is 7.09. The van der Waals surface area contributed by atoms with Crippen molar-refractivity contribution in [2.75, 3.05) is 13.7 Å². The van der Waals surface area contributed by atoms with Crippen molar-refractivity contribution in [3.05, 3.63) is 28.8 Å². The lowest BCUT2D eigenvalue weighted by molar-refractivity contribution is -0.117. The Bertz CT molecular complexity index is 514. The van der Waals surface area contributed by atoms with Crippen molar-refractivity contribution >= 4 is 23.6 Å². The van der Waals surface area contributed by atoms with Gasteiger partial charge in [0.15, 0.2) is 11.5 Å². The van der Waals surface area contributed by atoms with Gasteiger partial charge in [0.2, 0.25) is 5.91 Å². The minimum atomic E-state index is -0.130. The lowest BCUT2D eigenvalue weighted by atomic mass is 10.1. The van der Waals surface area contributed by atoms with Crippen LogP contribution in [0, 0.1) is 0 Å². The number of halogens is 1. The minimum Gasteiger partial charge on any atom is -0.491 e. The Morgan fingerprint density at radius 3 is 2.71 bits per heavy atom. The molecule has 1 atom stereocenters. The summed E-state index contributed by atoms with van der Waals surface area (Å²) < 4.78 is 10.7. The lowest BCUT2D eigenvalue weighted by Gasteiger charge is -2.12. The first kappa shape index (κ1) is 17.4. The molecule has 1 unspecified atom stereocenters. The van der Waals surface area contributed by atoms with Crippen molar-refractivity contribution in [2.24, 2.45) is 0 Å². The predicted octanol–water partition coefficient (Wildman–Crippen LogP) is 3.68. The van der Waals surface area contributed by atoms with Gasteiger partial charge in [-0.15, -0.1) is 0 Å². The van der Waals surface area contributed by atoms with Crippen LogP contribution in [0.2, 0.25) is 5.02 Å². The van der Waals surface area contributed by atoms with Crippen molar-refractivity contribution in [1.29, 1.82) is 0 Å². The Morgan fingerprint density at radius 1 is 1.43 bits per heavy atom. The predicted molar refractivity (Wildman–Crippen MR) is 86.1 cm³/mol. The topological polar surface area (TPSA) is 47.6 Å². The molecule has 0 aromatic heterocycles. The van der Waals surface area contributed by atoms with Gasteiger partial charge in [-0.05, 0) is 44.0 Å². The zero-order chi connectivity index (χ0) is 15.8. The normalized spacial score (nSPS) is 12.2. The fourth-order valence-corrected chi connectivity index (χ4v) is 2.01. The number of ether oxygens (including phenoxy) is 2. The van der Waals surface area contributed by atoms with Crippen molar-refractivity contribution < 1.29 is 14.3 Å². The van der Waals surface area contributed by atoms with Crippen LogP contribution >= 0.6 is 11.6 Å². The molecule has 4 nitrogen and oxygen atoms in total. The molecule has 1 aromatic rings. The molecule has 1 amide bonds. The maximum Gasteiger partial charge on any atom is 0.244 e. The van der Waals surface area contributed by atoms with Gasteiger partial charge in [-0.3, -0.25) is 4.79 Å². The second-order valence-corrected chi connectivity index (χ2v) is 5.03. The smallest absolute Gasteiger partial charge is 0.244 e. The fraction of sp³-hybridized carbons (Fsp3) is 0.438. The average Bonchev–Trinajstić information content (AvgIpc) is 2.45. The number of carbonyl (C=O) groups excluding carboxylic acids is 1. The van der Waals surface area contributed by atoms with Crippen LogP contribution in [0.3, 0.4) is 0 Å². The molecule has 5 heteroatoms. The molecule has 0 aliphatic heterocycles. The summed E-state index contributed by atoms with van der Waals surface area (Å²) in [6, 6.07) is 3.68. The molecule has 0 radical (unpaired) electrons. The molecule has 116 valence electrons. The third-order valence-electron chi connectivity index (χ3n) is 2.96. The zero-order valence-electron chi connectivity index (χ0n) is 12.9. The molecule has 1 aromatic carbocycles. The number of nitrogens with one attached hydrogen (secondary N) is 1. The third-order valence-corrected chi connectivity index (χ3v) is 3.24. The number of rotatable bonds is 7. The van der Waals surface area contributed by atoms with Gasteiger partial charge in [0, 0.05) is 12.1 Å². The summed E-state index contributed by atoms with van der Waals surface area (Å²) in [7, 11) is 1.54. The van der Waals surface area contributed by atoms with E-state index in [1.807, 2.05) is 20.8 Å². The van der Waals surface area contributed by atoms with Crippen LogP contribution in [0.1, 0.15) is 32.8 Å². The summed E-state index contributed by atoms with van der Waals surface area (Å²) in [4.78, 5) is 11.7. The van der Waals surface area contributed by atoms with Crippen LogP contribution in [-0.4, -0.2) is 25.7 Å². The fourth-order valence-electron chi connectivity index (χ4n) is 1.71. The summed E-state index contributed by atoms with van der Waals surface area (Å²) in [6.07, 6.45) is 4.08. The average molecular weight is 312 g/mol. The minimum absolute atomic E-state index is 0.130. The van der Waals surface area contributed by atoms with Crippen LogP contribution in [0.15, 0.2) is 18.2 Å². The summed E-state index contributed by atoms with van der Waals surface area (Å²) in [5, 5.41) is 3.31. The summed E-state index contributed by atoms with van der Waals surface area (Å²) in [5.74, 6) is 0.934. The van der Waals surface area contributed by atoms with Crippen molar-refractivity contribution in [3.63, 3.8) is 0 Å². The van der Waals surface area contributed by atoms with E-state index in [1.54, 1.807) is 25.3 Å². The maximum atomic E-state index is 11.7. The Balaban J connectivity index is 2.91. The highest BCUT2D eigenvalue weighted by Crippen LogP contribution is 2.36. The number of carbonyl (C=O) groups is 1. The van der Waals surface area contributed by atoms with E-state index in [4.69, 9.17) is 21.1 Å². The largest absolute Gasteiger partial charge is 0.491 e. The molecular formula is C16H22ClNO3. The highest BCUT2D eigenvalue weighted by atomic mass is 35.5. The van der Waals surface area contributed by atoms with E-state index in [2.05, 4.69) is 5.32 Å². The molecule has 0 heterocycles. The van der Waals surface area contributed by atoms with E-state index in [0.29, 0.717) is 23.1 Å². The summed E-state index contributed by atoms with van der Waals surface area (Å²) >= 11 is 6.15. The first-order valence-electron chi connectivity index (χ1n) is 7.00. The zero-order valence-corrected chi connectivity index (χ0v) is 13.7. The monoisotopic (exact) mass is 311 g/mol. The number of benzene rings is 1. The highest BCUT2D eigenvalue weighted by molar-refractivity contribution is 6.32. The van der Waals surface area contributed by atoms with Gasteiger partial charge in [-0.25, -0.2) is 0 Å². The van der Waals surface area contributed by atoms with Gasteiger partial charge in [0.05, 0.1) is 18.7 Å². The van der Waals surface area contributed by atoms with Crippen molar-refractivity contribution in [2.45, 2.75) is 33.2 Å². The van der Waals surface area contributed by atoms with Gasteiger partial charge >= 0.3 is 0 Å². The molecule has 0 saturated carbocycles. The van der Waals surface area contributed by atoms with Gasteiger partial charge in [-0.2, -0.15) is 0 Å². The molecule has 1 rings (SSSR count). The van der Waals surface area contributed by atoms with E-state index in [0.717, 1.165) is 12.0 Å². The molecule has 0 aliphatic carbocycles. The van der Waals surface area contributed by atoms with Crippen LogP contribution in [-0.2, 0) is 4.79 Å². The van der Waals surface area contributed by atoms with Crippen LogP contribution in [0.4, 0.5) is 0 Å². The quantitative estimate of drug-likeness (QED) is 0.781. The van der Waals surface area contributed by atoms with E-state index < -0.39 is 0 Å². The molecule has 0 bridgehead atoms. The SMILES string of the molecule is CCOc1cc(/C=C/C(=O)NC(C)CC)cc(Cl)c1OC. The molecular weight excluding hydrogens is 290 g/mol. The molecule has 0 aliphatic rings. The summed E-state index contributed by atoms with van der Waals surface area (Å²) in [5.41, 5.74) is 0.781. The second-order valence-electron chi connectivity index (χ2n) is 4.62. The Morgan fingerprint density at radius 2 is 2.14 bits per heavy atom. The van der Waals surface area contributed by atoms with Gasteiger partial charge < -0.3 is 14.8 Å². The van der Waals surface area contributed by atoms with Crippen LogP contribution in [0.5, 0.6) is 11.5 Å². The van der Waals surface area contributed by atoms with Gasteiger partial charge in [-0.1, -0.05) is 18.5 Å². The lowest BCUT2D eigenvalue weighted by Crippen LogP contribution is -2.30. The third kappa shape index (κ3) is 5.31. The maximum absolute atomic E-state index is 11.7. The number of hydrogen-bond donors (Lipinski definition) is 1. The molecule has 1 N–H and O–H groups in total. The van der Waals surface area contributed by atoms with Gasteiger partial charge in [0.1, 0.15) is 0 Å². The molecule has 0 fully saturated rings. The summed E-state index contributed by atoms with van der Waals surface area (Å²) in [6.45, 7) is 6.37. The van der Waals surface area contributed by atoms with E-state index in [1.165, 1.54) is 6.08 Å². The van der Waals surface area contributed by atoms with E-state index in [-0.39, 0.29) is 11.9 Å². The first-order chi connectivity index (χ1) is 10.0. The molecule has 0 saturated heterocycles. The Hall–Kier alpha value is -1.68. The number of amides is 1. The first-order valence-corrected chi connectivity index (χ1v) is 7.38. The van der Waals surface area contributed by atoms with Gasteiger partial charge in [0.25, 0.3) is 0 Å².